The van der Waals surface area contributed by atoms with E-state index in [-0.39, 0.29) is 0 Å². The fraction of sp³-hybridized carbons (Fsp3) is 0.0714. The van der Waals surface area contributed by atoms with Crippen LogP contribution in [0.25, 0.3) is 22.4 Å². The van der Waals surface area contributed by atoms with Crippen LogP contribution in [-0.2, 0) is 0 Å². The summed E-state index contributed by atoms with van der Waals surface area (Å²) in [5.41, 5.74) is 1.56. The fourth-order valence-electron chi connectivity index (χ4n) is 1.97. The smallest absolute Gasteiger partial charge is 0.161 e. The van der Waals surface area contributed by atoms with E-state index in [1.165, 1.54) is 0 Å². The molecule has 0 fully saturated rings. The second-order valence-corrected chi connectivity index (χ2v) is 4.07. The van der Waals surface area contributed by atoms with Gasteiger partial charge in [0.2, 0.25) is 0 Å². The summed E-state index contributed by atoms with van der Waals surface area (Å²) in [6, 6.07) is 9.46. The molecule has 0 amide bonds. The maximum Gasteiger partial charge on any atom is 0.161 e. The summed E-state index contributed by atoms with van der Waals surface area (Å²) in [7, 11) is 1.56. The lowest BCUT2D eigenvalue weighted by Crippen LogP contribution is -1.88. The molecule has 19 heavy (non-hydrogen) atoms. The first-order valence-corrected chi connectivity index (χ1v) is 5.67. The van der Waals surface area contributed by atoms with Gasteiger partial charge in [0, 0.05) is 12.1 Å². The van der Waals surface area contributed by atoms with Crippen LogP contribution < -0.4 is 4.74 Å². The molecule has 0 unspecified atom stereocenters. The summed E-state index contributed by atoms with van der Waals surface area (Å²) in [6.07, 6.45) is 0. The molecular formula is C14H10F2N2O. The normalized spacial score (nSPS) is 10.9. The Balaban J connectivity index is 2.20. The SMILES string of the molecule is COc1ccccc1-c1nc2cc(F)c(F)cc2[nH]1. The Labute approximate surface area is 107 Å². The van der Waals surface area contributed by atoms with Crippen molar-refractivity contribution < 1.29 is 13.5 Å². The lowest BCUT2D eigenvalue weighted by atomic mass is 10.2. The largest absolute Gasteiger partial charge is 0.496 e. The maximum atomic E-state index is 13.2. The molecule has 1 aromatic heterocycles. The van der Waals surface area contributed by atoms with Crippen LogP contribution in [-0.4, -0.2) is 17.1 Å². The molecule has 0 spiro atoms. The molecule has 0 bridgehead atoms. The molecule has 0 saturated heterocycles. The number of hydrogen-bond donors (Lipinski definition) is 1. The van der Waals surface area contributed by atoms with Crippen LogP contribution in [0.2, 0.25) is 0 Å². The summed E-state index contributed by atoms with van der Waals surface area (Å²) in [6.45, 7) is 0. The van der Waals surface area contributed by atoms with Gasteiger partial charge in [-0.05, 0) is 12.1 Å². The maximum absolute atomic E-state index is 13.2. The highest BCUT2D eigenvalue weighted by atomic mass is 19.2. The number of fused-ring (bicyclic) bond motifs is 1. The molecule has 0 radical (unpaired) electrons. The number of nitrogens with one attached hydrogen (secondary N) is 1. The minimum atomic E-state index is -0.912. The van der Waals surface area contributed by atoms with Gasteiger partial charge >= 0.3 is 0 Å². The Bertz CT molecular complexity index is 713. The second-order valence-electron chi connectivity index (χ2n) is 4.07. The van der Waals surface area contributed by atoms with E-state index in [0.29, 0.717) is 22.6 Å². The Morgan fingerprint density at radius 1 is 1.11 bits per heavy atom. The number of rotatable bonds is 2. The van der Waals surface area contributed by atoms with Crippen LogP contribution in [0.1, 0.15) is 0 Å². The highest BCUT2D eigenvalue weighted by Crippen LogP contribution is 2.29. The van der Waals surface area contributed by atoms with Crippen LogP contribution in [0.15, 0.2) is 36.4 Å². The van der Waals surface area contributed by atoms with Gasteiger partial charge in [-0.25, -0.2) is 13.8 Å². The van der Waals surface area contributed by atoms with Gasteiger partial charge in [0.1, 0.15) is 11.6 Å². The number of hydrogen-bond acceptors (Lipinski definition) is 2. The van der Waals surface area contributed by atoms with Gasteiger partial charge in [-0.2, -0.15) is 0 Å². The Hall–Kier alpha value is -2.43. The Morgan fingerprint density at radius 3 is 2.63 bits per heavy atom. The molecule has 3 nitrogen and oxygen atoms in total. The summed E-state index contributed by atoms with van der Waals surface area (Å²) in [4.78, 5) is 7.21. The molecule has 1 heterocycles. The minimum absolute atomic E-state index is 0.375. The average Bonchev–Trinajstić information content (AvgIpc) is 2.82. The fourth-order valence-corrected chi connectivity index (χ4v) is 1.97. The van der Waals surface area contributed by atoms with Crippen LogP contribution in [0.5, 0.6) is 5.75 Å². The quantitative estimate of drug-likeness (QED) is 0.765. The minimum Gasteiger partial charge on any atom is -0.496 e. The van der Waals surface area contributed by atoms with E-state index in [9.17, 15) is 8.78 Å². The molecule has 0 atom stereocenters. The summed E-state index contributed by atoms with van der Waals surface area (Å²) in [5.74, 6) is -0.659. The first kappa shape index (κ1) is 11.6. The van der Waals surface area contributed by atoms with Crippen LogP contribution in [0, 0.1) is 11.6 Å². The topological polar surface area (TPSA) is 37.9 Å². The molecule has 3 aromatic rings. The molecule has 0 aliphatic carbocycles. The molecular weight excluding hydrogens is 250 g/mol. The van der Waals surface area contributed by atoms with Gasteiger partial charge in [-0.15, -0.1) is 0 Å². The zero-order valence-corrected chi connectivity index (χ0v) is 10.1. The molecule has 0 aliphatic heterocycles. The van der Waals surface area contributed by atoms with Crippen molar-refractivity contribution in [2.75, 3.05) is 7.11 Å². The number of aromatic amines is 1. The molecule has 5 heteroatoms. The van der Waals surface area contributed by atoms with Crippen molar-refractivity contribution in [1.82, 2.24) is 9.97 Å². The molecule has 1 N–H and O–H groups in total. The number of nitrogens with zero attached hydrogens (tertiary/aromatic N) is 1. The zero-order chi connectivity index (χ0) is 13.4. The molecule has 3 rings (SSSR count). The van der Waals surface area contributed by atoms with E-state index in [1.54, 1.807) is 13.2 Å². The molecule has 2 aromatic carbocycles. The number of ether oxygens (including phenoxy) is 1. The number of imidazole rings is 1. The number of methoxy groups -OCH3 is 1. The van der Waals surface area contributed by atoms with Crippen molar-refractivity contribution in [2.24, 2.45) is 0 Å². The third-order valence-electron chi connectivity index (χ3n) is 2.89. The van der Waals surface area contributed by atoms with Crippen molar-refractivity contribution in [3.63, 3.8) is 0 Å². The summed E-state index contributed by atoms with van der Waals surface area (Å²) >= 11 is 0. The van der Waals surface area contributed by atoms with Gasteiger partial charge in [0.15, 0.2) is 11.6 Å². The summed E-state index contributed by atoms with van der Waals surface area (Å²) < 4.78 is 31.5. The Kier molecular flexibility index (Phi) is 2.67. The van der Waals surface area contributed by atoms with Crippen molar-refractivity contribution in [3.05, 3.63) is 48.0 Å². The highest BCUT2D eigenvalue weighted by molar-refractivity contribution is 5.80. The first-order valence-electron chi connectivity index (χ1n) is 5.67. The van der Waals surface area contributed by atoms with E-state index in [4.69, 9.17) is 4.74 Å². The van der Waals surface area contributed by atoms with E-state index in [2.05, 4.69) is 9.97 Å². The molecule has 96 valence electrons. The van der Waals surface area contributed by atoms with Gasteiger partial charge < -0.3 is 9.72 Å². The number of H-pyrrole nitrogens is 1. The van der Waals surface area contributed by atoms with Crippen LogP contribution >= 0.6 is 0 Å². The van der Waals surface area contributed by atoms with Crippen LogP contribution in [0.3, 0.4) is 0 Å². The number of para-hydroxylation sites is 1. The lowest BCUT2D eigenvalue weighted by Gasteiger charge is -2.04. The summed E-state index contributed by atoms with van der Waals surface area (Å²) in [5, 5.41) is 0. The molecule has 0 aliphatic rings. The highest BCUT2D eigenvalue weighted by Gasteiger charge is 2.12. The zero-order valence-electron chi connectivity index (χ0n) is 10.1. The first-order chi connectivity index (χ1) is 9.19. The van der Waals surface area contributed by atoms with Crippen LogP contribution in [0.4, 0.5) is 8.78 Å². The van der Waals surface area contributed by atoms with Gasteiger partial charge in [0.25, 0.3) is 0 Å². The predicted molar refractivity (Wildman–Crippen MR) is 68.0 cm³/mol. The number of aromatic nitrogens is 2. The standard InChI is InChI=1S/C14H10F2N2O/c1-19-13-5-3-2-4-8(13)14-17-11-6-9(15)10(16)7-12(11)18-14/h2-7H,1H3,(H,17,18). The monoisotopic (exact) mass is 260 g/mol. The third kappa shape index (κ3) is 1.93. The van der Waals surface area contributed by atoms with Gasteiger partial charge in [0.05, 0.1) is 23.7 Å². The average molecular weight is 260 g/mol. The number of halogens is 2. The van der Waals surface area contributed by atoms with Crippen molar-refractivity contribution >= 4 is 11.0 Å². The van der Waals surface area contributed by atoms with Crippen molar-refractivity contribution in [1.29, 1.82) is 0 Å². The van der Waals surface area contributed by atoms with E-state index < -0.39 is 11.6 Å². The Morgan fingerprint density at radius 2 is 1.84 bits per heavy atom. The third-order valence-corrected chi connectivity index (χ3v) is 2.89. The predicted octanol–water partition coefficient (Wildman–Crippen LogP) is 3.52. The van der Waals surface area contributed by atoms with E-state index in [1.807, 2.05) is 18.2 Å². The lowest BCUT2D eigenvalue weighted by molar-refractivity contribution is 0.416. The molecule has 0 saturated carbocycles. The van der Waals surface area contributed by atoms with Gasteiger partial charge in [-0.3, -0.25) is 0 Å². The van der Waals surface area contributed by atoms with E-state index >= 15 is 0 Å². The van der Waals surface area contributed by atoms with Crippen molar-refractivity contribution in [2.45, 2.75) is 0 Å². The van der Waals surface area contributed by atoms with E-state index in [0.717, 1.165) is 17.7 Å². The van der Waals surface area contributed by atoms with Gasteiger partial charge in [-0.1, -0.05) is 12.1 Å². The number of benzene rings is 2. The second kappa shape index (κ2) is 4.35. The van der Waals surface area contributed by atoms with Crippen molar-refractivity contribution in [3.8, 4) is 17.1 Å².